The first-order chi connectivity index (χ1) is 12.3. The molecule has 0 amide bonds. The number of hydrogen-bond donors (Lipinski definition) is 0. The van der Waals surface area contributed by atoms with Gasteiger partial charge in [0.1, 0.15) is 5.75 Å². The highest BCUT2D eigenvalue weighted by Crippen LogP contribution is 2.37. The molecule has 0 saturated carbocycles. The molecule has 3 nitrogen and oxygen atoms in total. The zero-order chi connectivity index (χ0) is 17.1. The molecule has 2 atom stereocenters. The standard InChI is InChI=1S/C22H22N2O/c1-24(16-17-8-3-2-4-9-17)22-20(19-11-7-13-23-15-19)14-18-10-5-6-12-21(18)25-22/h2-13,15,20,22H,14,16H2,1H3. The van der Waals surface area contributed by atoms with E-state index in [1.807, 2.05) is 24.5 Å². The summed E-state index contributed by atoms with van der Waals surface area (Å²) in [5.74, 6) is 1.25. The van der Waals surface area contributed by atoms with Crippen molar-refractivity contribution in [3.8, 4) is 5.75 Å². The highest BCUT2D eigenvalue weighted by atomic mass is 16.5. The largest absolute Gasteiger partial charge is 0.474 e. The maximum absolute atomic E-state index is 6.43. The maximum atomic E-state index is 6.43. The van der Waals surface area contributed by atoms with Crippen molar-refractivity contribution < 1.29 is 4.74 Å². The van der Waals surface area contributed by atoms with Crippen molar-refractivity contribution in [1.82, 2.24) is 9.88 Å². The van der Waals surface area contributed by atoms with Gasteiger partial charge < -0.3 is 4.74 Å². The summed E-state index contributed by atoms with van der Waals surface area (Å²) in [4.78, 5) is 6.61. The third-order valence-electron chi connectivity index (χ3n) is 4.83. The molecule has 0 fully saturated rings. The summed E-state index contributed by atoms with van der Waals surface area (Å²) in [6.45, 7) is 0.852. The molecule has 2 heterocycles. The van der Waals surface area contributed by atoms with E-state index in [-0.39, 0.29) is 12.1 Å². The van der Waals surface area contributed by atoms with Gasteiger partial charge in [0.25, 0.3) is 0 Å². The molecule has 1 aliphatic heterocycles. The Morgan fingerprint density at radius 1 is 1.00 bits per heavy atom. The lowest BCUT2D eigenvalue weighted by Gasteiger charge is -2.39. The van der Waals surface area contributed by atoms with Gasteiger partial charge in [-0.15, -0.1) is 0 Å². The van der Waals surface area contributed by atoms with Crippen LogP contribution >= 0.6 is 0 Å². The van der Waals surface area contributed by atoms with Crippen LogP contribution in [0.25, 0.3) is 0 Å². The Kier molecular flexibility index (Phi) is 4.49. The molecule has 1 aliphatic rings. The van der Waals surface area contributed by atoms with E-state index in [1.165, 1.54) is 16.7 Å². The first kappa shape index (κ1) is 15.9. The van der Waals surface area contributed by atoms with Gasteiger partial charge in [-0.3, -0.25) is 9.88 Å². The van der Waals surface area contributed by atoms with E-state index in [9.17, 15) is 0 Å². The fourth-order valence-corrected chi connectivity index (χ4v) is 3.57. The summed E-state index contributed by atoms with van der Waals surface area (Å²) in [7, 11) is 2.13. The lowest BCUT2D eigenvalue weighted by molar-refractivity contribution is 0.00549. The second kappa shape index (κ2) is 7.08. The van der Waals surface area contributed by atoms with Crippen LogP contribution in [0.5, 0.6) is 5.75 Å². The van der Waals surface area contributed by atoms with Gasteiger partial charge in [0, 0.05) is 24.9 Å². The number of fused-ring (bicyclic) bond motifs is 1. The van der Waals surface area contributed by atoms with E-state index < -0.39 is 0 Å². The third kappa shape index (κ3) is 3.42. The Hall–Kier alpha value is -2.65. The van der Waals surface area contributed by atoms with E-state index >= 15 is 0 Å². The first-order valence-electron chi connectivity index (χ1n) is 8.70. The summed E-state index contributed by atoms with van der Waals surface area (Å²) in [6.07, 6.45) is 4.74. The average Bonchev–Trinajstić information content (AvgIpc) is 2.68. The van der Waals surface area contributed by atoms with Crippen molar-refractivity contribution in [3.63, 3.8) is 0 Å². The summed E-state index contributed by atoms with van der Waals surface area (Å²) in [5.41, 5.74) is 3.78. The highest BCUT2D eigenvalue weighted by Gasteiger charge is 2.34. The molecule has 0 N–H and O–H groups in total. The second-order valence-corrected chi connectivity index (χ2v) is 6.61. The smallest absolute Gasteiger partial charge is 0.160 e. The van der Waals surface area contributed by atoms with Gasteiger partial charge in [0.05, 0.1) is 0 Å². The van der Waals surface area contributed by atoms with E-state index in [0.717, 1.165) is 18.7 Å². The summed E-state index contributed by atoms with van der Waals surface area (Å²) < 4.78 is 6.43. The van der Waals surface area contributed by atoms with Gasteiger partial charge in [-0.05, 0) is 42.3 Å². The lowest BCUT2D eigenvalue weighted by Crippen LogP contribution is -2.44. The zero-order valence-corrected chi connectivity index (χ0v) is 14.4. The molecule has 2 aromatic carbocycles. The topological polar surface area (TPSA) is 25.4 Å². The van der Waals surface area contributed by atoms with Crippen molar-refractivity contribution >= 4 is 0 Å². The molecular weight excluding hydrogens is 308 g/mol. The number of aromatic nitrogens is 1. The summed E-state index contributed by atoms with van der Waals surface area (Å²) in [6, 6.07) is 23.0. The van der Waals surface area contributed by atoms with Crippen LogP contribution in [0.1, 0.15) is 22.6 Å². The molecule has 0 saturated heterocycles. The van der Waals surface area contributed by atoms with Crippen molar-refractivity contribution in [2.24, 2.45) is 0 Å². The molecular formula is C22H22N2O. The van der Waals surface area contributed by atoms with E-state index in [1.54, 1.807) is 0 Å². The Labute approximate surface area is 148 Å². The van der Waals surface area contributed by atoms with Gasteiger partial charge in [-0.2, -0.15) is 0 Å². The summed E-state index contributed by atoms with van der Waals surface area (Å²) in [5, 5.41) is 0. The van der Waals surface area contributed by atoms with Gasteiger partial charge in [0.15, 0.2) is 6.23 Å². The number of ether oxygens (including phenoxy) is 1. The molecule has 0 radical (unpaired) electrons. The SMILES string of the molecule is CN(Cc1ccccc1)C1Oc2ccccc2CC1c1cccnc1. The van der Waals surface area contributed by atoms with Crippen LogP contribution in [0.15, 0.2) is 79.1 Å². The fraction of sp³-hybridized carbons (Fsp3) is 0.227. The molecule has 25 heavy (non-hydrogen) atoms. The molecule has 3 aromatic rings. The Balaban J connectivity index is 1.65. The predicted molar refractivity (Wildman–Crippen MR) is 99.4 cm³/mol. The molecule has 0 aliphatic carbocycles. The minimum atomic E-state index is -0.0145. The van der Waals surface area contributed by atoms with Gasteiger partial charge in [0.2, 0.25) is 0 Å². The second-order valence-electron chi connectivity index (χ2n) is 6.61. The van der Waals surface area contributed by atoms with E-state index in [0.29, 0.717) is 0 Å². The van der Waals surface area contributed by atoms with E-state index in [2.05, 4.69) is 71.5 Å². The average molecular weight is 330 g/mol. The summed E-state index contributed by atoms with van der Waals surface area (Å²) >= 11 is 0. The molecule has 0 spiro atoms. The minimum Gasteiger partial charge on any atom is -0.474 e. The Bertz CT molecular complexity index is 820. The predicted octanol–water partition coefficient (Wildman–Crippen LogP) is 4.26. The number of nitrogens with zero attached hydrogens (tertiary/aromatic N) is 2. The van der Waals surface area contributed by atoms with Gasteiger partial charge in [-0.1, -0.05) is 54.6 Å². The van der Waals surface area contributed by atoms with Crippen molar-refractivity contribution in [1.29, 1.82) is 0 Å². The third-order valence-corrected chi connectivity index (χ3v) is 4.83. The normalized spacial score (nSPS) is 19.3. The number of para-hydroxylation sites is 1. The molecule has 1 aromatic heterocycles. The molecule has 4 rings (SSSR count). The van der Waals surface area contributed by atoms with Crippen LogP contribution in [0.2, 0.25) is 0 Å². The Morgan fingerprint density at radius 2 is 1.80 bits per heavy atom. The molecule has 0 bridgehead atoms. The van der Waals surface area contributed by atoms with Crippen LogP contribution in [0.3, 0.4) is 0 Å². The maximum Gasteiger partial charge on any atom is 0.160 e. The highest BCUT2D eigenvalue weighted by molar-refractivity contribution is 5.38. The van der Waals surface area contributed by atoms with Crippen LogP contribution in [0.4, 0.5) is 0 Å². The number of hydrogen-bond acceptors (Lipinski definition) is 3. The van der Waals surface area contributed by atoms with E-state index in [4.69, 9.17) is 4.74 Å². The van der Waals surface area contributed by atoms with Crippen LogP contribution in [0, 0.1) is 0 Å². The first-order valence-corrected chi connectivity index (χ1v) is 8.70. The lowest BCUT2D eigenvalue weighted by atomic mass is 9.88. The number of rotatable bonds is 4. The minimum absolute atomic E-state index is 0.0145. The van der Waals surface area contributed by atoms with Crippen molar-refractivity contribution in [2.45, 2.75) is 25.1 Å². The molecule has 3 heteroatoms. The van der Waals surface area contributed by atoms with Gasteiger partial charge in [-0.25, -0.2) is 0 Å². The van der Waals surface area contributed by atoms with Gasteiger partial charge >= 0.3 is 0 Å². The monoisotopic (exact) mass is 330 g/mol. The fourth-order valence-electron chi connectivity index (χ4n) is 3.57. The van der Waals surface area contributed by atoms with Crippen molar-refractivity contribution in [2.75, 3.05) is 7.05 Å². The number of likely N-dealkylation sites (N-methyl/N-ethyl adjacent to an activating group) is 1. The number of benzene rings is 2. The van der Waals surface area contributed by atoms with Crippen LogP contribution in [-0.2, 0) is 13.0 Å². The van der Waals surface area contributed by atoms with Crippen LogP contribution < -0.4 is 4.74 Å². The molecule has 2 unspecified atom stereocenters. The zero-order valence-electron chi connectivity index (χ0n) is 14.4. The quantitative estimate of drug-likeness (QED) is 0.715. The van der Waals surface area contributed by atoms with Crippen LogP contribution in [-0.4, -0.2) is 23.2 Å². The molecule has 126 valence electrons. The Morgan fingerprint density at radius 3 is 2.60 bits per heavy atom. The number of pyridine rings is 1. The van der Waals surface area contributed by atoms with Crippen molar-refractivity contribution in [3.05, 3.63) is 95.8 Å².